The number of fused-ring (bicyclic) bond motifs is 1. The Bertz CT molecular complexity index is 869. The normalized spacial score (nSPS) is 21.1. The van der Waals surface area contributed by atoms with Gasteiger partial charge in [-0.1, -0.05) is 12.1 Å². The molecule has 8 nitrogen and oxygen atoms in total. The minimum atomic E-state index is -3.40. The first-order valence-corrected chi connectivity index (χ1v) is 11.3. The quantitative estimate of drug-likeness (QED) is 0.688. The van der Waals surface area contributed by atoms with Crippen LogP contribution in [-0.2, 0) is 26.0 Å². The second kappa shape index (κ2) is 9.02. The lowest BCUT2D eigenvalue weighted by Gasteiger charge is -2.34. The molecule has 1 aromatic carbocycles. The summed E-state index contributed by atoms with van der Waals surface area (Å²) in [5, 5.41) is 2.71. The van der Waals surface area contributed by atoms with Crippen LogP contribution in [0.5, 0.6) is 0 Å². The molecule has 9 heteroatoms. The van der Waals surface area contributed by atoms with Crippen LogP contribution >= 0.6 is 0 Å². The number of rotatable bonds is 8. The molecule has 28 heavy (non-hydrogen) atoms. The van der Waals surface area contributed by atoms with E-state index in [1.165, 1.54) is 4.31 Å². The number of amides is 1. The number of aromatic amines is 1. The molecular formula is C19H28N4O4S. The molecule has 1 aromatic heterocycles. The molecule has 1 aliphatic heterocycles. The van der Waals surface area contributed by atoms with E-state index in [1.807, 2.05) is 38.1 Å². The lowest BCUT2D eigenvalue weighted by Crippen LogP contribution is -2.49. The number of H-pyrrole nitrogens is 1. The third-order valence-corrected chi connectivity index (χ3v) is 6.52. The van der Waals surface area contributed by atoms with Crippen LogP contribution < -0.4 is 5.32 Å². The topological polar surface area (TPSA) is 104 Å². The van der Waals surface area contributed by atoms with Crippen molar-refractivity contribution in [2.45, 2.75) is 45.3 Å². The number of hydrogen-bond donors (Lipinski definition) is 2. The molecule has 0 spiro atoms. The number of hydrogen-bond acceptors (Lipinski definition) is 5. The van der Waals surface area contributed by atoms with Crippen LogP contribution in [0.1, 0.15) is 32.5 Å². The lowest BCUT2D eigenvalue weighted by atomic mass is 10.2. The number of imidazole rings is 1. The molecule has 2 heterocycles. The highest BCUT2D eigenvalue weighted by Gasteiger charge is 2.30. The van der Waals surface area contributed by atoms with Gasteiger partial charge in [0.15, 0.2) is 0 Å². The maximum Gasteiger partial charge on any atom is 0.220 e. The number of sulfonamides is 1. The summed E-state index contributed by atoms with van der Waals surface area (Å²) in [4.78, 5) is 19.7. The summed E-state index contributed by atoms with van der Waals surface area (Å²) in [6.07, 6.45) is 1.42. The molecule has 1 fully saturated rings. The molecule has 1 aliphatic rings. The smallest absolute Gasteiger partial charge is 0.220 e. The Hall–Kier alpha value is -1.97. The van der Waals surface area contributed by atoms with Crippen molar-refractivity contribution < 1.29 is 17.9 Å². The highest BCUT2D eigenvalue weighted by Crippen LogP contribution is 2.15. The molecule has 1 saturated heterocycles. The second-order valence-electron chi connectivity index (χ2n) is 7.29. The number of carbonyl (C=O) groups excluding carboxylic acids is 1. The predicted octanol–water partition coefficient (Wildman–Crippen LogP) is 1.44. The molecule has 2 atom stereocenters. The summed E-state index contributed by atoms with van der Waals surface area (Å²) in [5.41, 5.74) is 1.90. The number of ether oxygens (including phenoxy) is 1. The monoisotopic (exact) mass is 408 g/mol. The number of morpholine rings is 1. The maximum absolute atomic E-state index is 12.4. The van der Waals surface area contributed by atoms with Gasteiger partial charge in [0.2, 0.25) is 15.9 Å². The number of carbonyl (C=O) groups is 1. The van der Waals surface area contributed by atoms with Crippen LogP contribution in [0.2, 0.25) is 0 Å². The van der Waals surface area contributed by atoms with Crippen molar-refractivity contribution in [3.63, 3.8) is 0 Å². The molecular weight excluding hydrogens is 380 g/mol. The van der Waals surface area contributed by atoms with Gasteiger partial charge in [-0.3, -0.25) is 4.79 Å². The zero-order valence-corrected chi connectivity index (χ0v) is 17.2. The van der Waals surface area contributed by atoms with Gasteiger partial charge in [-0.25, -0.2) is 13.4 Å². The van der Waals surface area contributed by atoms with Crippen LogP contribution in [0, 0.1) is 0 Å². The average molecular weight is 409 g/mol. The fraction of sp³-hybridized carbons (Fsp3) is 0.579. The van der Waals surface area contributed by atoms with E-state index < -0.39 is 10.0 Å². The number of para-hydroxylation sites is 2. The molecule has 0 radical (unpaired) electrons. The van der Waals surface area contributed by atoms with Gasteiger partial charge in [0.1, 0.15) is 5.82 Å². The Morgan fingerprint density at radius 1 is 1.29 bits per heavy atom. The number of aromatic nitrogens is 2. The molecule has 0 saturated carbocycles. The zero-order chi connectivity index (χ0) is 20.1. The molecule has 0 unspecified atom stereocenters. The molecule has 1 amide bonds. The molecule has 3 rings (SSSR count). The number of aryl methyl sites for hydroxylation is 1. The van der Waals surface area contributed by atoms with E-state index >= 15 is 0 Å². The third-order valence-electron chi connectivity index (χ3n) is 4.72. The summed E-state index contributed by atoms with van der Waals surface area (Å²) >= 11 is 0. The Kier molecular flexibility index (Phi) is 6.69. The highest BCUT2D eigenvalue weighted by molar-refractivity contribution is 7.89. The predicted molar refractivity (Wildman–Crippen MR) is 107 cm³/mol. The Labute approximate surface area is 165 Å². The van der Waals surface area contributed by atoms with Gasteiger partial charge in [-0.2, -0.15) is 4.31 Å². The fourth-order valence-electron chi connectivity index (χ4n) is 3.44. The van der Waals surface area contributed by atoms with E-state index in [0.717, 1.165) is 16.9 Å². The van der Waals surface area contributed by atoms with E-state index in [2.05, 4.69) is 15.3 Å². The molecule has 2 aromatic rings. The molecule has 2 N–H and O–H groups in total. The zero-order valence-electron chi connectivity index (χ0n) is 16.3. The second-order valence-corrected chi connectivity index (χ2v) is 9.38. The Balaban J connectivity index is 1.38. The van der Waals surface area contributed by atoms with Gasteiger partial charge in [-0.15, -0.1) is 0 Å². The minimum Gasteiger partial charge on any atom is -0.373 e. The van der Waals surface area contributed by atoms with Crippen molar-refractivity contribution >= 4 is 27.0 Å². The summed E-state index contributed by atoms with van der Waals surface area (Å²) in [6, 6.07) is 7.80. The van der Waals surface area contributed by atoms with Crippen LogP contribution in [-0.4, -0.2) is 66.2 Å². The van der Waals surface area contributed by atoms with E-state index in [0.29, 0.717) is 32.4 Å². The largest absolute Gasteiger partial charge is 0.373 e. The van der Waals surface area contributed by atoms with Crippen molar-refractivity contribution in [1.82, 2.24) is 19.6 Å². The van der Waals surface area contributed by atoms with Crippen LogP contribution in [0.3, 0.4) is 0 Å². The summed E-state index contributed by atoms with van der Waals surface area (Å²) in [7, 11) is -3.40. The number of benzene rings is 1. The molecule has 0 aliphatic carbocycles. The summed E-state index contributed by atoms with van der Waals surface area (Å²) < 4.78 is 31.9. The van der Waals surface area contributed by atoms with E-state index in [-0.39, 0.29) is 30.4 Å². The van der Waals surface area contributed by atoms with Crippen LogP contribution in [0.4, 0.5) is 0 Å². The molecule has 154 valence electrons. The maximum atomic E-state index is 12.4. The van der Waals surface area contributed by atoms with Crippen LogP contribution in [0.25, 0.3) is 11.0 Å². The first-order chi connectivity index (χ1) is 13.3. The van der Waals surface area contributed by atoms with Crippen molar-refractivity contribution in [2.75, 3.05) is 25.4 Å². The summed E-state index contributed by atoms with van der Waals surface area (Å²) in [6.45, 7) is 4.56. The van der Waals surface area contributed by atoms with Gasteiger partial charge >= 0.3 is 0 Å². The minimum absolute atomic E-state index is 0.0955. The standard InChI is InChI=1S/C19H28N4O4S/c1-14-12-23(13-15(2)27-14)28(25,26)11-10-20-19(24)9-5-8-18-21-16-6-3-4-7-17(16)22-18/h3-4,6-7,14-15H,5,8-13H2,1-2H3,(H,20,24)(H,21,22)/t14-,15+. The van der Waals surface area contributed by atoms with Crippen LogP contribution in [0.15, 0.2) is 24.3 Å². The number of nitrogens with one attached hydrogen (secondary N) is 2. The first-order valence-electron chi connectivity index (χ1n) is 9.67. The Morgan fingerprint density at radius 2 is 2.00 bits per heavy atom. The van der Waals surface area contributed by atoms with Gasteiger partial charge in [0.25, 0.3) is 0 Å². The van der Waals surface area contributed by atoms with E-state index in [4.69, 9.17) is 4.74 Å². The van der Waals surface area contributed by atoms with E-state index in [9.17, 15) is 13.2 Å². The van der Waals surface area contributed by atoms with Gasteiger partial charge in [0, 0.05) is 32.5 Å². The lowest BCUT2D eigenvalue weighted by molar-refractivity contribution is -0.121. The van der Waals surface area contributed by atoms with Gasteiger partial charge in [0.05, 0.1) is 29.0 Å². The van der Waals surface area contributed by atoms with Crippen molar-refractivity contribution in [1.29, 1.82) is 0 Å². The Morgan fingerprint density at radius 3 is 2.71 bits per heavy atom. The third kappa shape index (κ3) is 5.52. The first kappa shape index (κ1) is 20.8. The molecule has 0 bridgehead atoms. The highest BCUT2D eigenvalue weighted by atomic mass is 32.2. The van der Waals surface area contributed by atoms with Crippen molar-refractivity contribution in [3.8, 4) is 0 Å². The average Bonchev–Trinajstić information content (AvgIpc) is 3.03. The van der Waals surface area contributed by atoms with Gasteiger partial charge in [-0.05, 0) is 32.4 Å². The van der Waals surface area contributed by atoms with Crippen molar-refractivity contribution in [3.05, 3.63) is 30.1 Å². The fourth-order valence-corrected chi connectivity index (χ4v) is 4.93. The van der Waals surface area contributed by atoms with Gasteiger partial charge < -0.3 is 15.0 Å². The SMILES string of the molecule is C[C@@H]1CN(S(=O)(=O)CCNC(=O)CCCc2nc3ccccc3[nH]2)C[C@H](C)O1. The van der Waals surface area contributed by atoms with Crippen molar-refractivity contribution in [2.24, 2.45) is 0 Å². The number of nitrogens with zero attached hydrogens (tertiary/aromatic N) is 2. The van der Waals surface area contributed by atoms with E-state index in [1.54, 1.807) is 0 Å². The summed E-state index contributed by atoms with van der Waals surface area (Å²) in [5.74, 6) is 0.615.